The molecular weight excluding hydrogens is 432 g/mol. The third-order valence-electron chi connectivity index (χ3n) is 4.60. The molecule has 0 fully saturated rings. The van der Waals surface area contributed by atoms with Crippen LogP contribution in [0, 0.1) is 0 Å². The summed E-state index contributed by atoms with van der Waals surface area (Å²) in [5.41, 5.74) is 8.40. The standard InChI is InChI=1S/C19H18BrClN4S/c20-14-15-17(26-16(14)12-8-4-5-9-13(12)22)18(25-19(21)24-15)23-10-11-6-2-1-3-7-11/h1-7,12-13H,8-10,22H2,(H,23,24,25)/t12-,13-/m1/s1. The van der Waals surface area contributed by atoms with E-state index in [9.17, 15) is 0 Å². The number of allylic oxidation sites excluding steroid dienone is 1. The SMILES string of the molecule is N[C@@H]1CC=CC[C@H]1c1sc2c(NCc3ccccc3)nc(Cl)nc2c1Br. The molecule has 1 aliphatic rings. The van der Waals surface area contributed by atoms with Crippen molar-refractivity contribution in [2.45, 2.75) is 31.3 Å². The monoisotopic (exact) mass is 448 g/mol. The number of halogens is 2. The van der Waals surface area contributed by atoms with E-state index in [0.717, 1.165) is 33.3 Å². The van der Waals surface area contributed by atoms with E-state index < -0.39 is 0 Å². The first kappa shape index (κ1) is 17.9. The third-order valence-corrected chi connectivity index (χ3v) is 7.15. The van der Waals surface area contributed by atoms with Crippen molar-refractivity contribution in [1.82, 2.24) is 9.97 Å². The van der Waals surface area contributed by atoms with Crippen LogP contribution in [-0.2, 0) is 6.54 Å². The van der Waals surface area contributed by atoms with Gasteiger partial charge < -0.3 is 11.1 Å². The van der Waals surface area contributed by atoms with Gasteiger partial charge in [-0.15, -0.1) is 11.3 Å². The molecule has 4 rings (SSSR count). The number of hydrogen-bond donors (Lipinski definition) is 2. The van der Waals surface area contributed by atoms with Gasteiger partial charge in [-0.25, -0.2) is 4.98 Å². The summed E-state index contributed by atoms with van der Waals surface area (Å²) in [7, 11) is 0. The van der Waals surface area contributed by atoms with E-state index in [0.29, 0.717) is 6.54 Å². The lowest BCUT2D eigenvalue weighted by Gasteiger charge is -2.24. The van der Waals surface area contributed by atoms with Crippen LogP contribution in [0.5, 0.6) is 0 Å². The number of hydrogen-bond acceptors (Lipinski definition) is 5. The van der Waals surface area contributed by atoms with E-state index in [4.69, 9.17) is 17.3 Å². The van der Waals surface area contributed by atoms with Gasteiger partial charge in [-0.2, -0.15) is 4.98 Å². The minimum atomic E-state index is 0.119. The van der Waals surface area contributed by atoms with Crippen LogP contribution in [0.4, 0.5) is 5.82 Å². The van der Waals surface area contributed by atoms with Crippen molar-refractivity contribution >= 4 is 54.9 Å². The van der Waals surface area contributed by atoms with Gasteiger partial charge in [0.25, 0.3) is 0 Å². The second-order valence-electron chi connectivity index (χ2n) is 6.35. The summed E-state index contributed by atoms with van der Waals surface area (Å²) in [6, 6.07) is 10.3. The maximum atomic E-state index is 6.36. The molecule has 2 aromatic heterocycles. The van der Waals surface area contributed by atoms with Gasteiger partial charge in [0.05, 0.1) is 9.17 Å². The zero-order chi connectivity index (χ0) is 18.1. The topological polar surface area (TPSA) is 63.8 Å². The Morgan fingerprint density at radius 2 is 1.96 bits per heavy atom. The zero-order valence-corrected chi connectivity index (χ0v) is 17.1. The van der Waals surface area contributed by atoms with Crippen molar-refractivity contribution in [3.8, 4) is 0 Å². The first-order chi connectivity index (χ1) is 12.6. The van der Waals surface area contributed by atoms with E-state index in [1.165, 1.54) is 10.4 Å². The number of rotatable bonds is 4. The summed E-state index contributed by atoms with van der Waals surface area (Å²) in [5.74, 6) is 1.05. The zero-order valence-electron chi connectivity index (χ0n) is 14.0. The minimum Gasteiger partial charge on any atom is -0.365 e. The van der Waals surface area contributed by atoms with Gasteiger partial charge in [-0.3, -0.25) is 0 Å². The number of benzene rings is 1. The molecule has 0 aliphatic heterocycles. The molecule has 26 heavy (non-hydrogen) atoms. The van der Waals surface area contributed by atoms with Gasteiger partial charge >= 0.3 is 0 Å². The molecule has 134 valence electrons. The predicted molar refractivity (Wildman–Crippen MR) is 113 cm³/mol. The molecule has 0 unspecified atom stereocenters. The number of thiophene rings is 1. The van der Waals surface area contributed by atoms with Crippen LogP contribution in [0.3, 0.4) is 0 Å². The molecule has 0 spiro atoms. The molecule has 0 radical (unpaired) electrons. The molecule has 1 aromatic carbocycles. The normalized spacial score (nSPS) is 19.8. The molecule has 4 nitrogen and oxygen atoms in total. The van der Waals surface area contributed by atoms with E-state index >= 15 is 0 Å². The Bertz CT molecular complexity index is 957. The van der Waals surface area contributed by atoms with Crippen molar-refractivity contribution in [1.29, 1.82) is 0 Å². The highest BCUT2D eigenvalue weighted by atomic mass is 79.9. The molecule has 1 aliphatic carbocycles. The van der Waals surface area contributed by atoms with Crippen LogP contribution >= 0.6 is 38.9 Å². The predicted octanol–water partition coefficient (Wildman–Crippen LogP) is 5.48. The number of nitrogens with two attached hydrogens (primary N) is 1. The number of fused-ring (bicyclic) bond motifs is 1. The Morgan fingerprint density at radius 3 is 2.73 bits per heavy atom. The second-order valence-corrected chi connectivity index (χ2v) is 8.53. The molecule has 2 atom stereocenters. The number of anilines is 1. The van der Waals surface area contributed by atoms with Crippen LogP contribution in [0.1, 0.15) is 29.2 Å². The van der Waals surface area contributed by atoms with E-state index in [1.807, 2.05) is 18.2 Å². The van der Waals surface area contributed by atoms with E-state index in [1.54, 1.807) is 11.3 Å². The van der Waals surface area contributed by atoms with Crippen LogP contribution in [-0.4, -0.2) is 16.0 Å². The van der Waals surface area contributed by atoms with Crippen molar-refractivity contribution in [2.75, 3.05) is 5.32 Å². The number of nitrogens with one attached hydrogen (secondary N) is 1. The second kappa shape index (κ2) is 7.64. The summed E-state index contributed by atoms with van der Waals surface area (Å²) in [6.07, 6.45) is 6.21. The maximum absolute atomic E-state index is 6.36. The Labute approximate surface area is 169 Å². The Kier molecular flexibility index (Phi) is 5.27. The first-order valence-electron chi connectivity index (χ1n) is 8.47. The Hall–Kier alpha value is -1.47. The summed E-state index contributed by atoms with van der Waals surface area (Å²) in [4.78, 5) is 10.1. The van der Waals surface area contributed by atoms with Gasteiger partial charge in [-0.1, -0.05) is 42.5 Å². The van der Waals surface area contributed by atoms with Crippen molar-refractivity contribution in [3.05, 3.63) is 62.7 Å². The Morgan fingerprint density at radius 1 is 1.19 bits per heavy atom. The lowest BCUT2D eigenvalue weighted by molar-refractivity contribution is 0.527. The maximum Gasteiger partial charge on any atom is 0.225 e. The highest BCUT2D eigenvalue weighted by molar-refractivity contribution is 9.10. The van der Waals surface area contributed by atoms with E-state index in [2.05, 4.69) is 55.5 Å². The summed E-state index contributed by atoms with van der Waals surface area (Å²) in [6.45, 7) is 0.680. The lowest BCUT2D eigenvalue weighted by Crippen LogP contribution is -2.29. The largest absolute Gasteiger partial charge is 0.365 e. The summed E-state index contributed by atoms with van der Waals surface area (Å²) >= 11 is 11.6. The van der Waals surface area contributed by atoms with E-state index in [-0.39, 0.29) is 17.2 Å². The molecule has 0 bridgehead atoms. The van der Waals surface area contributed by atoms with Gasteiger partial charge in [0.15, 0.2) is 0 Å². The summed E-state index contributed by atoms with van der Waals surface area (Å²) < 4.78 is 1.99. The molecular formula is C19H18BrClN4S. The third kappa shape index (κ3) is 3.51. The fourth-order valence-corrected chi connectivity index (χ4v) is 5.63. The number of aromatic nitrogens is 2. The molecule has 0 amide bonds. The Balaban J connectivity index is 1.72. The highest BCUT2D eigenvalue weighted by Gasteiger charge is 2.27. The molecule has 0 saturated heterocycles. The first-order valence-corrected chi connectivity index (χ1v) is 10.5. The molecule has 0 saturated carbocycles. The highest BCUT2D eigenvalue weighted by Crippen LogP contribution is 2.45. The van der Waals surface area contributed by atoms with Gasteiger partial charge in [-0.05, 0) is 45.9 Å². The quantitative estimate of drug-likeness (QED) is 0.409. The fourth-order valence-electron chi connectivity index (χ4n) is 3.22. The van der Waals surface area contributed by atoms with Crippen molar-refractivity contribution in [2.24, 2.45) is 5.73 Å². The molecule has 3 aromatic rings. The van der Waals surface area contributed by atoms with Gasteiger partial charge in [0.1, 0.15) is 11.3 Å². The van der Waals surface area contributed by atoms with Crippen LogP contribution in [0.2, 0.25) is 5.28 Å². The van der Waals surface area contributed by atoms with Gasteiger partial charge in [0, 0.05) is 23.4 Å². The molecule has 3 N–H and O–H groups in total. The lowest BCUT2D eigenvalue weighted by atomic mass is 9.88. The average molecular weight is 450 g/mol. The minimum absolute atomic E-state index is 0.119. The van der Waals surface area contributed by atoms with Crippen LogP contribution in [0.15, 0.2) is 47.0 Å². The smallest absolute Gasteiger partial charge is 0.225 e. The van der Waals surface area contributed by atoms with Crippen molar-refractivity contribution < 1.29 is 0 Å². The summed E-state index contributed by atoms with van der Waals surface area (Å²) in [5, 5.41) is 3.65. The molecule has 2 heterocycles. The number of nitrogens with zero attached hydrogens (tertiary/aromatic N) is 2. The fraction of sp³-hybridized carbons (Fsp3) is 0.263. The average Bonchev–Trinajstić information content (AvgIpc) is 2.98. The van der Waals surface area contributed by atoms with Crippen LogP contribution < -0.4 is 11.1 Å². The van der Waals surface area contributed by atoms with Gasteiger partial charge in [0.2, 0.25) is 5.28 Å². The van der Waals surface area contributed by atoms with Crippen molar-refractivity contribution in [3.63, 3.8) is 0 Å². The molecule has 7 heteroatoms. The van der Waals surface area contributed by atoms with Crippen LogP contribution in [0.25, 0.3) is 10.2 Å².